The van der Waals surface area contributed by atoms with Crippen LogP contribution in [-0.2, 0) is 9.59 Å². The first-order chi connectivity index (χ1) is 17.0. The van der Waals surface area contributed by atoms with E-state index in [2.05, 4.69) is 52.4 Å². The van der Waals surface area contributed by atoms with Gasteiger partial charge in [0.25, 0.3) is 0 Å². The third-order valence-corrected chi connectivity index (χ3v) is 7.00. The number of aromatic nitrogens is 5. The van der Waals surface area contributed by atoms with E-state index in [0.717, 1.165) is 45.2 Å². The molecule has 0 radical (unpaired) electrons. The van der Waals surface area contributed by atoms with Crippen molar-refractivity contribution >= 4 is 50.2 Å². The van der Waals surface area contributed by atoms with Crippen LogP contribution in [0.4, 0.5) is 11.5 Å². The second-order valence-electron chi connectivity index (χ2n) is 9.03. The number of carbonyl (C=O) groups excluding carboxylic acids is 2. The van der Waals surface area contributed by atoms with Crippen LogP contribution in [0, 0.1) is 5.92 Å². The second-order valence-corrected chi connectivity index (χ2v) is 9.94. The van der Waals surface area contributed by atoms with E-state index in [1.807, 2.05) is 53.3 Å². The van der Waals surface area contributed by atoms with Crippen LogP contribution in [-0.4, -0.2) is 49.6 Å². The van der Waals surface area contributed by atoms with Crippen LogP contribution in [0.2, 0.25) is 0 Å². The average molecular weight is 535 g/mol. The number of nitrogens with zero attached hydrogens (tertiary/aromatic N) is 4. The van der Waals surface area contributed by atoms with Crippen molar-refractivity contribution in [1.82, 2.24) is 30.5 Å². The Bertz CT molecular complexity index is 1410. The lowest BCUT2D eigenvalue weighted by molar-refractivity contribution is -0.118. The Hall–Kier alpha value is -3.57. The molecule has 2 aromatic heterocycles. The number of fused-ring (bicyclic) bond motifs is 1. The molecule has 1 saturated heterocycles. The fraction of sp³-hybridized carbons (Fsp3) is 0.292. The zero-order valence-corrected chi connectivity index (χ0v) is 20.2. The number of carbonyl (C=O) groups is 2. The molecule has 2 atom stereocenters. The van der Waals surface area contributed by atoms with Crippen LogP contribution in [0.3, 0.4) is 0 Å². The Balaban J connectivity index is 1.12. The topological polar surface area (TPSA) is 130 Å². The van der Waals surface area contributed by atoms with E-state index in [1.54, 1.807) is 0 Å². The molecule has 0 bridgehead atoms. The van der Waals surface area contributed by atoms with Crippen molar-refractivity contribution in [2.24, 2.45) is 5.92 Å². The van der Waals surface area contributed by atoms with Crippen LogP contribution in [0.1, 0.15) is 25.3 Å². The van der Waals surface area contributed by atoms with Crippen LogP contribution < -0.4 is 16.0 Å². The van der Waals surface area contributed by atoms with Gasteiger partial charge in [-0.1, -0.05) is 27.2 Å². The lowest BCUT2D eigenvalue weighted by Gasteiger charge is -2.11. The van der Waals surface area contributed by atoms with E-state index in [1.165, 1.54) is 0 Å². The molecule has 2 amide bonds. The van der Waals surface area contributed by atoms with Gasteiger partial charge >= 0.3 is 0 Å². The molecule has 178 valence electrons. The quantitative estimate of drug-likeness (QED) is 0.299. The van der Waals surface area contributed by atoms with Gasteiger partial charge in [0.2, 0.25) is 11.8 Å². The predicted octanol–water partition coefficient (Wildman–Crippen LogP) is 3.47. The van der Waals surface area contributed by atoms with Crippen molar-refractivity contribution in [3.05, 3.63) is 53.1 Å². The molecule has 1 aliphatic carbocycles. The highest BCUT2D eigenvalue weighted by Gasteiger charge is 2.32. The first kappa shape index (κ1) is 21.9. The molecule has 3 heterocycles. The Morgan fingerprint density at radius 3 is 2.69 bits per heavy atom. The first-order valence-corrected chi connectivity index (χ1v) is 12.3. The van der Waals surface area contributed by atoms with E-state index >= 15 is 0 Å². The van der Waals surface area contributed by atoms with Gasteiger partial charge in [-0.25, -0.2) is 4.68 Å². The minimum Gasteiger partial charge on any atom is -0.325 e. The summed E-state index contributed by atoms with van der Waals surface area (Å²) in [5.74, 6) is 0.632. The fourth-order valence-electron chi connectivity index (χ4n) is 4.31. The summed E-state index contributed by atoms with van der Waals surface area (Å²) in [6, 6.07) is 13.0. The Morgan fingerprint density at radius 2 is 1.89 bits per heavy atom. The van der Waals surface area contributed by atoms with E-state index < -0.39 is 0 Å². The molecular formula is C24H23BrN8O2. The third-order valence-electron chi connectivity index (χ3n) is 6.47. The molecule has 0 unspecified atom stereocenters. The van der Waals surface area contributed by atoms with E-state index in [-0.39, 0.29) is 29.8 Å². The molecule has 0 spiro atoms. The number of halogens is 1. The predicted molar refractivity (Wildman–Crippen MR) is 135 cm³/mol. The largest absolute Gasteiger partial charge is 0.325 e. The molecule has 10 nitrogen and oxygen atoms in total. The molecule has 1 aliphatic heterocycles. The zero-order valence-electron chi connectivity index (χ0n) is 18.7. The van der Waals surface area contributed by atoms with E-state index in [4.69, 9.17) is 0 Å². The maximum atomic E-state index is 12.7. The van der Waals surface area contributed by atoms with Crippen molar-refractivity contribution < 1.29 is 9.59 Å². The molecule has 1 saturated carbocycles. The van der Waals surface area contributed by atoms with Gasteiger partial charge in [-0.05, 0) is 55.7 Å². The summed E-state index contributed by atoms with van der Waals surface area (Å²) in [6.45, 7) is 0.630. The number of amides is 2. The molecule has 4 aromatic rings. The zero-order chi connectivity index (χ0) is 23.9. The molecule has 2 aliphatic rings. The first-order valence-electron chi connectivity index (χ1n) is 11.5. The standard InChI is InChI=1S/C24H23BrN8O2/c25-15-4-6-16(7-5-15)27-24(35)20-10-17(11-26-20)33-12-21(30-32-33)14-3-8-18-19(9-14)29-31-22(18)28-23(34)13-1-2-13/h3-9,12-13,17,20,26H,1-2,10-11H2,(H,27,35)(H2,28,29,31,34)/t17-,20-/m0/s1. The smallest absolute Gasteiger partial charge is 0.241 e. The summed E-state index contributed by atoms with van der Waals surface area (Å²) >= 11 is 3.40. The number of anilines is 2. The number of rotatable bonds is 6. The minimum atomic E-state index is -0.304. The van der Waals surface area contributed by atoms with Crippen molar-refractivity contribution in [3.8, 4) is 11.3 Å². The van der Waals surface area contributed by atoms with Gasteiger partial charge in [-0.2, -0.15) is 5.10 Å². The number of hydrogen-bond donors (Lipinski definition) is 4. The summed E-state index contributed by atoms with van der Waals surface area (Å²) in [6.07, 6.45) is 4.41. The highest BCUT2D eigenvalue weighted by Crippen LogP contribution is 2.32. The van der Waals surface area contributed by atoms with Gasteiger partial charge in [0, 0.05) is 33.6 Å². The number of H-pyrrole nitrogens is 1. The maximum absolute atomic E-state index is 12.7. The summed E-state index contributed by atoms with van der Waals surface area (Å²) in [7, 11) is 0. The maximum Gasteiger partial charge on any atom is 0.241 e. The summed E-state index contributed by atoms with van der Waals surface area (Å²) < 4.78 is 2.78. The summed E-state index contributed by atoms with van der Waals surface area (Å²) in [4.78, 5) is 24.8. The van der Waals surface area contributed by atoms with Crippen LogP contribution in [0.15, 0.2) is 53.1 Å². The monoisotopic (exact) mass is 534 g/mol. The summed E-state index contributed by atoms with van der Waals surface area (Å²) in [5, 5.41) is 25.9. The van der Waals surface area contributed by atoms with Gasteiger partial charge in [0.1, 0.15) is 5.69 Å². The van der Waals surface area contributed by atoms with Crippen molar-refractivity contribution in [2.45, 2.75) is 31.3 Å². The van der Waals surface area contributed by atoms with Gasteiger partial charge in [0.05, 0.1) is 23.8 Å². The Labute approximate surface area is 209 Å². The van der Waals surface area contributed by atoms with E-state index in [0.29, 0.717) is 18.8 Å². The normalized spacial score (nSPS) is 19.7. The van der Waals surface area contributed by atoms with Gasteiger partial charge in [-0.15, -0.1) is 5.10 Å². The highest BCUT2D eigenvalue weighted by molar-refractivity contribution is 9.10. The average Bonchev–Trinajstić information content (AvgIpc) is 3.24. The summed E-state index contributed by atoms with van der Waals surface area (Å²) in [5.41, 5.74) is 3.20. The van der Waals surface area contributed by atoms with Crippen molar-refractivity contribution in [3.63, 3.8) is 0 Å². The molecule has 35 heavy (non-hydrogen) atoms. The fourth-order valence-corrected chi connectivity index (χ4v) is 4.57. The SMILES string of the molecule is O=C(Nc1n[nH]c2cc(-c3cn([C@@H]4CN[C@H](C(=O)Nc5ccc(Br)cc5)C4)nn3)ccc12)C1CC1. The minimum absolute atomic E-state index is 0.0250. The number of hydrogen-bond acceptors (Lipinski definition) is 6. The van der Waals surface area contributed by atoms with Crippen LogP contribution in [0.25, 0.3) is 22.2 Å². The number of benzene rings is 2. The van der Waals surface area contributed by atoms with E-state index in [9.17, 15) is 9.59 Å². The molecule has 4 N–H and O–H groups in total. The van der Waals surface area contributed by atoms with Crippen molar-refractivity contribution in [2.75, 3.05) is 17.2 Å². The second kappa shape index (κ2) is 8.90. The molecular weight excluding hydrogens is 512 g/mol. The lowest BCUT2D eigenvalue weighted by atomic mass is 10.1. The lowest BCUT2D eigenvalue weighted by Crippen LogP contribution is -2.35. The Kier molecular flexibility index (Phi) is 5.57. The van der Waals surface area contributed by atoms with Gasteiger partial charge < -0.3 is 16.0 Å². The molecule has 2 fully saturated rings. The van der Waals surface area contributed by atoms with Crippen molar-refractivity contribution in [1.29, 1.82) is 0 Å². The molecule has 2 aromatic carbocycles. The van der Waals surface area contributed by atoms with Crippen LogP contribution in [0.5, 0.6) is 0 Å². The van der Waals surface area contributed by atoms with Gasteiger partial charge in [-0.3, -0.25) is 14.7 Å². The Morgan fingerprint density at radius 1 is 1.06 bits per heavy atom. The van der Waals surface area contributed by atoms with Gasteiger partial charge in [0.15, 0.2) is 5.82 Å². The van der Waals surface area contributed by atoms with Crippen LogP contribution >= 0.6 is 15.9 Å². The number of aromatic amines is 1. The third kappa shape index (κ3) is 4.56. The molecule has 6 rings (SSSR count). The number of nitrogens with one attached hydrogen (secondary N) is 4. The highest BCUT2D eigenvalue weighted by atomic mass is 79.9. The molecule has 11 heteroatoms.